The summed E-state index contributed by atoms with van der Waals surface area (Å²) in [4.78, 5) is 21.9. The van der Waals surface area contributed by atoms with Gasteiger partial charge >= 0.3 is 7.75 Å². The number of aromatic nitrogens is 4. The highest BCUT2D eigenvalue weighted by Crippen LogP contribution is 2.39. The molecule has 8 N–H and O–H groups in total. The van der Waals surface area contributed by atoms with Gasteiger partial charge in [-0.1, -0.05) is 0 Å². The molecule has 0 aromatic carbocycles. The predicted octanol–water partition coefficient (Wildman–Crippen LogP) is -2.27. The molecule has 1 aliphatic rings. The van der Waals surface area contributed by atoms with Crippen molar-refractivity contribution in [3.05, 3.63) is 12.7 Å². The van der Waals surface area contributed by atoms with Gasteiger partial charge in [0, 0.05) is 13.1 Å². The van der Waals surface area contributed by atoms with Gasteiger partial charge < -0.3 is 40.8 Å². The Balaban J connectivity index is 1.47. The molecule has 0 spiro atoms. The SMILES string of the molecule is NCCOCCOCCNP(=O)(O)OC[C@H]1O[C@@H](n2cnc3c(N)ncnc32)[C@H](O)[C@@H]1O. The Hall–Kier alpha value is -1.78. The first-order chi connectivity index (χ1) is 15.3. The van der Waals surface area contributed by atoms with Crippen LogP contribution >= 0.6 is 7.75 Å². The van der Waals surface area contributed by atoms with E-state index >= 15 is 0 Å². The topological polar surface area (TPSA) is 222 Å². The summed E-state index contributed by atoms with van der Waals surface area (Å²) in [5.41, 5.74) is 11.7. The van der Waals surface area contributed by atoms with Gasteiger partial charge in [0.05, 0.1) is 39.4 Å². The standard InChI is InChI=1S/C16H28N7O8P/c17-1-3-28-5-6-29-4-2-22-32(26,27)30-7-10-12(24)13(25)16(31-10)23-9-21-11-14(18)19-8-20-15(11)23/h8-10,12-13,16,24-25H,1-7,17H2,(H2,18,19,20)(H2,22,26,27)/t10-,12-,13-,16-/m1/s1. The van der Waals surface area contributed by atoms with Crippen molar-refractivity contribution in [1.82, 2.24) is 24.6 Å². The zero-order valence-electron chi connectivity index (χ0n) is 17.2. The van der Waals surface area contributed by atoms with Gasteiger partial charge in [-0.2, -0.15) is 0 Å². The van der Waals surface area contributed by atoms with Crippen LogP contribution in [0.15, 0.2) is 12.7 Å². The quantitative estimate of drug-likeness (QED) is 0.132. The number of imidazole rings is 1. The number of aliphatic hydroxyl groups excluding tert-OH is 2. The van der Waals surface area contributed by atoms with E-state index in [-0.39, 0.29) is 19.0 Å². The second-order valence-corrected chi connectivity index (χ2v) is 8.48. The fourth-order valence-electron chi connectivity index (χ4n) is 3.04. The molecule has 0 saturated carbocycles. The molecule has 2 aromatic heterocycles. The molecular formula is C16H28N7O8P. The first kappa shape index (κ1) is 24.9. The summed E-state index contributed by atoms with van der Waals surface area (Å²) in [6, 6.07) is 0. The zero-order chi connectivity index (χ0) is 23.1. The molecule has 180 valence electrons. The summed E-state index contributed by atoms with van der Waals surface area (Å²) >= 11 is 0. The van der Waals surface area contributed by atoms with E-state index in [9.17, 15) is 19.7 Å². The van der Waals surface area contributed by atoms with Crippen LogP contribution in [-0.4, -0.2) is 99.1 Å². The van der Waals surface area contributed by atoms with Crippen LogP contribution in [0.2, 0.25) is 0 Å². The lowest BCUT2D eigenvalue weighted by Gasteiger charge is -2.18. The van der Waals surface area contributed by atoms with Gasteiger partial charge in [-0.3, -0.25) is 9.09 Å². The van der Waals surface area contributed by atoms with Crippen molar-refractivity contribution >= 4 is 24.7 Å². The van der Waals surface area contributed by atoms with Gasteiger partial charge in [0.2, 0.25) is 0 Å². The fraction of sp³-hybridized carbons (Fsp3) is 0.688. The number of ether oxygens (including phenoxy) is 3. The van der Waals surface area contributed by atoms with Gasteiger partial charge in [0.15, 0.2) is 17.7 Å². The predicted molar refractivity (Wildman–Crippen MR) is 110 cm³/mol. The van der Waals surface area contributed by atoms with E-state index in [2.05, 4.69) is 20.0 Å². The minimum absolute atomic E-state index is 0.0478. The molecule has 0 radical (unpaired) electrons. The van der Waals surface area contributed by atoms with Crippen LogP contribution in [-0.2, 0) is 23.3 Å². The highest BCUT2D eigenvalue weighted by molar-refractivity contribution is 7.50. The van der Waals surface area contributed by atoms with E-state index in [0.717, 1.165) is 0 Å². The summed E-state index contributed by atoms with van der Waals surface area (Å²) < 4.78 is 34.6. The molecule has 0 bridgehead atoms. The molecule has 1 unspecified atom stereocenters. The molecule has 0 aliphatic carbocycles. The third kappa shape index (κ3) is 6.17. The van der Waals surface area contributed by atoms with Crippen molar-refractivity contribution in [3.63, 3.8) is 0 Å². The van der Waals surface area contributed by atoms with Gasteiger partial charge in [0.25, 0.3) is 0 Å². The number of anilines is 1. The minimum Gasteiger partial charge on any atom is -0.387 e. The monoisotopic (exact) mass is 477 g/mol. The van der Waals surface area contributed by atoms with Gasteiger partial charge in [-0.05, 0) is 0 Å². The zero-order valence-corrected chi connectivity index (χ0v) is 18.1. The Morgan fingerprint density at radius 3 is 2.66 bits per heavy atom. The van der Waals surface area contributed by atoms with Crippen LogP contribution in [0, 0.1) is 0 Å². The highest BCUT2D eigenvalue weighted by Gasteiger charge is 2.45. The number of hydrogen-bond acceptors (Lipinski definition) is 12. The van der Waals surface area contributed by atoms with Crippen LogP contribution in [0.3, 0.4) is 0 Å². The second-order valence-electron chi connectivity index (χ2n) is 6.87. The number of hydrogen-bond donors (Lipinski definition) is 6. The average molecular weight is 477 g/mol. The maximum atomic E-state index is 12.1. The number of nitrogen functional groups attached to an aromatic ring is 1. The van der Waals surface area contributed by atoms with E-state index in [0.29, 0.717) is 37.5 Å². The van der Waals surface area contributed by atoms with E-state index in [1.165, 1.54) is 17.2 Å². The summed E-state index contributed by atoms with van der Waals surface area (Å²) in [5, 5.41) is 23.0. The van der Waals surface area contributed by atoms with E-state index in [1.54, 1.807) is 0 Å². The van der Waals surface area contributed by atoms with Crippen LogP contribution < -0.4 is 16.6 Å². The Kier molecular flexibility index (Phi) is 8.84. The molecule has 32 heavy (non-hydrogen) atoms. The lowest BCUT2D eigenvalue weighted by molar-refractivity contribution is -0.0488. The summed E-state index contributed by atoms with van der Waals surface area (Å²) in [6.07, 6.45) is -2.30. The molecule has 1 aliphatic heterocycles. The molecule has 1 saturated heterocycles. The van der Waals surface area contributed by atoms with Crippen molar-refractivity contribution in [2.75, 3.05) is 51.9 Å². The number of rotatable bonds is 13. The van der Waals surface area contributed by atoms with Crippen LogP contribution in [0.5, 0.6) is 0 Å². The summed E-state index contributed by atoms with van der Waals surface area (Å²) in [5.74, 6) is 0.154. The maximum Gasteiger partial charge on any atom is 0.403 e. The summed E-state index contributed by atoms with van der Waals surface area (Å²) in [7, 11) is -4.19. The molecule has 3 heterocycles. The minimum atomic E-state index is -4.19. The first-order valence-corrected chi connectivity index (χ1v) is 11.4. The van der Waals surface area contributed by atoms with E-state index < -0.39 is 38.9 Å². The van der Waals surface area contributed by atoms with E-state index in [1.807, 2.05) is 0 Å². The third-order valence-corrected chi connectivity index (χ3v) is 5.73. The number of nitrogens with two attached hydrogens (primary N) is 2. The Bertz CT molecular complexity index is 918. The number of nitrogens with zero attached hydrogens (tertiary/aromatic N) is 4. The number of aliphatic hydroxyl groups is 2. The third-order valence-electron chi connectivity index (χ3n) is 4.60. The van der Waals surface area contributed by atoms with Gasteiger partial charge in [-0.15, -0.1) is 0 Å². The average Bonchev–Trinajstić information content (AvgIpc) is 3.31. The largest absolute Gasteiger partial charge is 0.403 e. The van der Waals surface area contributed by atoms with Crippen molar-refractivity contribution < 1.29 is 38.4 Å². The highest BCUT2D eigenvalue weighted by atomic mass is 31.2. The Morgan fingerprint density at radius 2 is 1.91 bits per heavy atom. The number of fused-ring (bicyclic) bond motifs is 1. The normalized spacial score (nSPS) is 25.4. The Morgan fingerprint density at radius 1 is 1.16 bits per heavy atom. The smallest absolute Gasteiger partial charge is 0.387 e. The lowest BCUT2D eigenvalue weighted by Crippen LogP contribution is -2.34. The van der Waals surface area contributed by atoms with E-state index in [4.69, 9.17) is 30.2 Å². The molecule has 1 fully saturated rings. The summed E-state index contributed by atoms with van der Waals surface area (Å²) in [6.45, 7) is 1.30. The van der Waals surface area contributed by atoms with Crippen molar-refractivity contribution in [2.45, 2.75) is 24.5 Å². The van der Waals surface area contributed by atoms with Gasteiger partial charge in [0.1, 0.15) is 30.2 Å². The first-order valence-electron chi connectivity index (χ1n) is 9.86. The number of nitrogens with one attached hydrogen (secondary N) is 1. The lowest BCUT2D eigenvalue weighted by atomic mass is 10.1. The van der Waals surface area contributed by atoms with Crippen molar-refractivity contribution in [3.8, 4) is 0 Å². The molecular weight excluding hydrogens is 449 g/mol. The van der Waals surface area contributed by atoms with Crippen molar-refractivity contribution in [1.29, 1.82) is 0 Å². The fourth-order valence-corrected chi connectivity index (χ4v) is 3.85. The Labute approximate surface area is 183 Å². The molecule has 16 heteroatoms. The molecule has 2 aromatic rings. The molecule has 0 amide bonds. The van der Waals surface area contributed by atoms with Crippen LogP contribution in [0.4, 0.5) is 5.82 Å². The molecule has 5 atom stereocenters. The van der Waals surface area contributed by atoms with Gasteiger partial charge in [-0.25, -0.2) is 24.6 Å². The molecule has 3 rings (SSSR count). The second kappa shape index (κ2) is 11.4. The van der Waals surface area contributed by atoms with Crippen LogP contribution in [0.25, 0.3) is 11.2 Å². The molecule has 15 nitrogen and oxygen atoms in total. The van der Waals surface area contributed by atoms with Crippen molar-refractivity contribution in [2.24, 2.45) is 5.73 Å². The van der Waals surface area contributed by atoms with Crippen LogP contribution in [0.1, 0.15) is 6.23 Å². The maximum absolute atomic E-state index is 12.1.